The average Bonchev–Trinajstić information content (AvgIpc) is 3.23. The van der Waals surface area contributed by atoms with Crippen molar-refractivity contribution in [1.29, 1.82) is 0 Å². The standard InChI is InChI=1S/C20H29N3OS/c1-14-21-18(12-23-10-6-9-16(23)13-24-2)17-11-19(25-20(17)22-14)15-7-4-3-5-8-15/h11,15-16H,3-10,12-13H2,1-2H3/t16-/m0/s1. The van der Waals surface area contributed by atoms with Crippen LogP contribution >= 0.6 is 11.3 Å². The number of hydrogen-bond donors (Lipinski definition) is 0. The second-order valence-electron chi connectivity index (χ2n) is 7.64. The van der Waals surface area contributed by atoms with E-state index in [1.165, 1.54) is 65.7 Å². The van der Waals surface area contributed by atoms with Crippen molar-refractivity contribution < 1.29 is 4.74 Å². The van der Waals surface area contributed by atoms with Gasteiger partial charge >= 0.3 is 0 Å². The van der Waals surface area contributed by atoms with Crippen LogP contribution in [-0.4, -0.2) is 41.2 Å². The Morgan fingerprint density at radius 2 is 2.00 bits per heavy atom. The Morgan fingerprint density at radius 3 is 2.80 bits per heavy atom. The maximum Gasteiger partial charge on any atom is 0.127 e. The molecule has 3 heterocycles. The Morgan fingerprint density at radius 1 is 1.16 bits per heavy atom. The Kier molecular flexibility index (Phi) is 5.34. The van der Waals surface area contributed by atoms with Gasteiger partial charge in [0.05, 0.1) is 12.3 Å². The highest BCUT2D eigenvalue weighted by molar-refractivity contribution is 7.18. The summed E-state index contributed by atoms with van der Waals surface area (Å²) in [5.74, 6) is 1.65. The molecule has 2 aliphatic rings. The van der Waals surface area contributed by atoms with Crippen molar-refractivity contribution in [3.8, 4) is 0 Å². The van der Waals surface area contributed by atoms with E-state index < -0.39 is 0 Å². The summed E-state index contributed by atoms with van der Waals surface area (Å²) in [4.78, 5) is 14.8. The number of aromatic nitrogens is 2. The smallest absolute Gasteiger partial charge is 0.127 e. The van der Waals surface area contributed by atoms with Crippen LogP contribution in [0.25, 0.3) is 10.2 Å². The molecule has 1 saturated carbocycles. The van der Waals surface area contributed by atoms with Crippen molar-refractivity contribution in [3.05, 3.63) is 22.5 Å². The molecule has 0 bridgehead atoms. The van der Waals surface area contributed by atoms with Gasteiger partial charge in [0.2, 0.25) is 0 Å². The van der Waals surface area contributed by atoms with E-state index >= 15 is 0 Å². The second-order valence-corrected chi connectivity index (χ2v) is 8.70. The van der Waals surface area contributed by atoms with Crippen molar-refractivity contribution in [3.63, 3.8) is 0 Å². The van der Waals surface area contributed by atoms with E-state index in [0.717, 1.165) is 31.4 Å². The van der Waals surface area contributed by atoms with Crippen LogP contribution in [0, 0.1) is 6.92 Å². The first-order valence-electron chi connectivity index (χ1n) is 9.74. The van der Waals surface area contributed by atoms with Crippen LogP contribution in [0.2, 0.25) is 0 Å². The molecule has 2 aromatic heterocycles. The topological polar surface area (TPSA) is 38.2 Å². The highest BCUT2D eigenvalue weighted by Gasteiger charge is 2.26. The van der Waals surface area contributed by atoms with E-state index in [1.54, 1.807) is 7.11 Å². The van der Waals surface area contributed by atoms with Crippen LogP contribution in [0.5, 0.6) is 0 Å². The summed E-state index contributed by atoms with van der Waals surface area (Å²) in [6.45, 7) is 4.93. The van der Waals surface area contributed by atoms with Gasteiger partial charge < -0.3 is 4.74 Å². The zero-order valence-electron chi connectivity index (χ0n) is 15.5. The van der Waals surface area contributed by atoms with E-state index in [1.807, 2.05) is 18.3 Å². The molecule has 0 aromatic carbocycles. The highest BCUT2D eigenvalue weighted by Crippen LogP contribution is 2.39. The van der Waals surface area contributed by atoms with Gasteiger partial charge in [-0.3, -0.25) is 4.90 Å². The molecule has 0 spiro atoms. The third-order valence-electron chi connectivity index (χ3n) is 5.82. The lowest BCUT2D eigenvalue weighted by atomic mass is 9.88. The number of thiophene rings is 1. The molecule has 1 atom stereocenters. The Balaban J connectivity index is 1.62. The maximum absolute atomic E-state index is 5.42. The first-order chi connectivity index (χ1) is 12.2. The van der Waals surface area contributed by atoms with Crippen LogP contribution in [0.3, 0.4) is 0 Å². The third-order valence-corrected chi connectivity index (χ3v) is 7.01. The van der Waals surface area contributed by atoms with E-state index in [4.69, 9.17) is 14.7 Å². The number of methoxy groups -OCH3 is 1. The molecule has 4 nitrogen and oxygen atoms in total. The molecule has 0 unspecified atom stereocenters. The molecule has 2 fully saturated rings. The molecule has 1 saturated heterocycles. The quantitative estimate of drug-likeness (QED) is 0.778. The summed E-state index contributed by atoms with van der Waals surface area (Å²) in [5, 5.41) is 1.29. The monoisotopic (exact) mass is 359 g/mol. The zero-order valence-corrected chi connectivity index (χ0v) is 16.3. The van der Waals surface area contributed by atoms with Gasteiger partial charge in [-0.15, -0.1) is 11.3 Å². The Hall–Kier alpha value is -1.04. The van der Waals surface area contributed by atoms with Crippen LogP contribution in [-0.2, 0) is 11.3 Å². The highest BCUT2D eigenvalue weighted by atomic mass is 32.1. The Bertz CT molecular complexity index is 723. The first-order valence-corrected chi connectivity index (χ1v) is 10.6. The summed E-state index contributed by atoms with van der Waals surface area (Å²) in [7, 11) is 1.80. The second kappa shape index (κ2) is 7.68. The van der Waals surface area contributed by atoms with E-state index in [2.05, 4.69) is 11.0 Å². The summed E-state index contributed by atoms with van der Waals surface area (Å²) in [6, 6.07) is 2.94. The minimum Gasteiger partial charge on any atom is -0.383 e. The maximum atomic E-state index is 5.42. The van der Waals surface area contributed by atoms with Crippen LogP contribution in [0.15, 0.2) is 6.07 Å². The lowest BCUT2D eigenvalue weighted by molar-refractivity contribution is 0.111. The number of fused-ring (bicyclic) bond motifs is 1. The minimum absolute atomic E-state index is 0.534. The Labute approximate surface area is 154 Å². The summed E-state index contributed by atoms with van der Waals surface area (Å²) in [5.41, 5.74) is 1.21. The van der Waals surface area contributed by atoms with Gasteiger partial charge in [-0.25, -0.2) is 9.97 Å². The molecule has 0 N–H and O–H groups in total. The molecule has 0 radical (unpaired) electrons. The van der Waals surface area contributed by atoms with Gasteiger partial charge in [0.25, 0.3) is 0 Å². The number of ether oxygens (including phenoxy) is 1. The third kappa shape index (κ3) is 3.74. The predicted molar refractivity (Wildman–Crippen MR) is 103 cm³/mol. The van der Waals surface area contributed by atoms with E-state index in [-0.39, 0.29) is 0 Å². The van der Waals surface area contributed by atoms with Gasteiger partial charge in [0, 0.05) is 30.0 Å². The minimum atomic E-state index is 0.534. The van der Waals surface area contributed by atoms with E-state index in [0.29, 0.717) is 6.04 Å². The fourth-order valence-electron chi connectivity index (χ4n) is 4.50. The fraction of sp³-hybridized carbons (Fsp3) is 0.700. The number of hydrogen-bond acceptors (Lipinski definition) is 5. The summed E-state index contributed by atoms with van der Waals surface area (Å²) >= 11 is 1.91. The van der Waals surface area contributed by atoms with Crippen LogP contribution in [0.4, 0.5) is 0 Å². The molecule has 4 rings (SSSR count). The van der Waals surface area contributed by atoms with Gasteiger partial charge in [-0.05, 0) is 51.1 Å². The van der Waals surface area contributed by atoms with Crippen molar-refractivity contribution in [1.82, 2.24) is 14.9 Å². The summed E-state index contributed by atoms with van der Waals surface area (Å²) in [6.07, 6.45) is 9.34. The van der Waals surface area contributed by atoms with Crippen molar-refractivity contribution in [2.24, 2.45) is 0 Å². The molecule has 1 aliphatic carbocycles. The zero-order chi connectivity index (χ0) is 17.2. The van der Waals surface area contributed by atoms with Gasteiger partial charge in [0.1, 0.15) is 10.7 Å². The normalized spacial score (nSPS) is 22.9. The van der Waals surface area contributed by atoms with Gasteiger partial charge in [-0.2, -0.15) is 0 Å². The largest absolute Gasteiger partial charge is 0.383 e. The van der Waals surface area contributed by atoms with Gasteiger partial charge in [0.15, 0.2) is 0 Å². The molecule has 5 heteroatoms. The van der Waals surface area contributed by atoms with Crippen LogP contribution < -0.4 is 0 Å². The lowest BCUT2D eigenvalue weighted by Crippen LogP contribution is -2.32. The number of rotatable bonds is 5. The molecule has 0 amide bonds. The molecular formula is C20H29N3OS. The lowest BCUT2D eigenvalue weighted by Gasteiger charge is -2.23. The van der Waals surface area contributed by atoms with Gasteiger partial charge in [-0.1, -0.05) is 19.3 Å². The molecule has 25 heavy (non-hydrogen) atoms. The molecule has 136 valence electrons. The molecule has 2 aromatic rings. The average molecular weight is 360 g/mol. The van der Waals surface area contributed by atoms with Crippen molar-refractivity contribution >= 4 is 21.6 Å². The summed E-state index contributed by atoms with van der Waals surface area (Å²) < 4.78 is 5.42. The van der Waals surface area contributed by atoms with Crippen molar-refractivity contribution in [2.75, 3.05) is 20.3 Å². The molecular weight excluding hydrogens is 330 g/mol. The number of likely N-dealkylation sites (tertiary alicyclic amines) is 1. The number of aryl methyl sites for hydroxylation is 1. The fourth-order valence-corrected chi connectivity index (χ4v) is 5.77. The van der Waals surface area contributed by atoms with E-state index in [9.17, 15) is 0 Å². The predicted octanol–water partition coefficient (Wildman–Crippen LogP) is 4.66. The van der Waals surface area contributed by atoms with Crippen molar-refractivity contribution in [2.45, 2.75) is 70.4 Å². The van der Waals surface area contributed by atoms with Crippen LogP contribution in [0.1, 0.15) is 67.3 Å². The SMILES string of the molecule is COC[C@@H]1CCCN1Cc1nc(C)nc2sc(C3CCCCC3)cc12. The molecule has 1 aliphatic heterocycles. The first kappa shape index (κ1) is 17.4. The number of nitrogens with zero attached hydrogens (tertiary/aromatic N) is 3.